The Balaban J connectivity index is 0. The van der Waals surface area contributed by atoms with Crippen molar-refractivity contribution in [3.05, 3.63) is 74.3 Å². The van der Waals surface area contributed by atoms with Gasteiger partial charge < -0.3 is 4.90 Å². The highest BCUT2D eigenvalue weighted by Gasteiger charge is 2.22. The summed E-state index contributed by atoms with van der Waals surface area (Å²) in [5.74, 6) is 1.06. The van der Waals surface area contributed by atoms with E-state index in [9.17, 15) is 0 Å². The van der Waals surface area contributed by atoms with Gasteiger partial charge in [0.1, 0.15) is 0 Å². The molecule has 2 rings (SSSR count). The molecule has 0 aliphatic carbocycles. The molecule has 35 heavy (non-hydrogen) atoms. The number of allylic oxidation sites excluding steroid dienone is 1. The third-order valence-electron chi connectivity index (χ3n) is 6.04. The van der Waals surface area contributed by atoms with E-state index in [1.54, 1.807) is 0 Å². The summed E-state index contributed by atoms with van der Waals surface area (Å²) < 4.78 is 2.32. The third kappa shape index (κ3) is 11.7. The van der Waals surface area contributed by atoms with E-state index in [2.05, 4.69) is 114 Å². The second-order valence-corrected chi connectivity index (χ2v) is 10.3. The molecule has 1 atom stereocenters. The van der Waals surface area contributed by atoms with Gasteiger partial charge in [-0.2, -0.15) is 0 Å². The summed E-state index contributed by atoms with van der Waals surface area (Å²) in [6.45, 7) is 24.9. The SMILES string of the molecule is C.C=C([C@H](C)Cc1cc(Br)c(C)c(Br)c1)N(CC(CCC)CCC)c1ccccc1C.CC.CC. The van der Waals surface area contributed by atoms with Crippen molar-refractivity contribution < 1.29 is 0 Å². The normalized spacial score (nSPS) is 10.9. The number of halogens is 2. The minimum Gasteiger partial charge on any atom is -0.345 e. The van der Waals surface area contributed by atoms with Crippen LogP contribution in [0.5, 0.6) is 0 Å². The Kier molecular flexibility index (Phi) is 20.7. The van der Waals surface area contributed by atoms with Crippen LogP contribution in [0, 0.1) is 25.7 Å². The molecule has 0 saturated carbocycles. The number of para-hydroxylation sites is 1. The number of anilines is 1. The van der Waals surface area contributed by atoms with Crippen molar-refractivity contribution in [2.75, 3.05) is 11.4 Å². The second-order valence-electron chi connectivity index (χ2n) is 8.62. The first kappa shape index (κ1) is 36.1. The van der Waals surface area contributed by atoms with Crippen LogP contribution in [0.2, 0.25) is 0 Å². The number of nitrogens with zero attached hydrogens (tertiary/aromatic N) is 1. The van der Waals surface area contributed by atoms with E-state index in [1.165, 1.54) is 53.8 Å². The molecule has 0 bridgehead atoms. The second kappa shape index (κ2) is 20.0. The van der Waals surface area contributed by atoms with E-state index in [1.807, 2.05) is 27.7 Å². The summed E-state index contributed by atoms with van der Waals surface area (Å²) in [6.07, 6.45) is 6.00. The van der Waals surface area contributed by atoms with Gasteiger partial charge in [-0.1, -0.05) is 125 Å². The lowest BCUT2D eigenvalue weighted by Gasteiger charge is -2.35. The monoisotopic (exact) mass is 609 g/mol. The highest BCUT2D eigenvalue weighted by molar-refractivity contribution is 9.11. The first-order valence-electron chi connectivity index (χ1n) is 13.2. The molecule has 1 nitrogen and oxygen atoms in total. The first-order valence-corrected chi connectivity index (χ1v) is 14.8. The van der Waals surface area contributed by atoms with Gasteiger partial charge in [-0.25, -0.2) is 0 Å². The fourth-order valence-corrected chi connectivity index (χ4v) is 5.47. The molecule has 2 aromatic rings. The molecule has 0 N–H and O–H groups in total. The summed E-state index contributed by atoms with van der Waals surface area (Å²) in [5, 5.41) is 0. The highest BCUT2D eigenvalue weighted by atomic mass is 79.9. The summed E-state index contributed by atoms with van der Waals surface area (Å²) in [7, 11) is 0. The minimum absolute atomic E-state index is 0. The number of benzene rings is 2. The van der Waals surface area contributed by atoms with Crippen LogP contribution in [0.4, 0.5) is 5.69 Å². The van der Waals surface area contributed by atoms with Gasteiger partial charge >= 0.3 is 0 Å². The predicted octanol–water partition coefficient (Wildman–Crippen LogP) is 11.9. The molecule has 0 heterocycles. The van der Waals surface area contributed by atoms with Crippen LogP contribution in [0.1, 0.15) is 98.3 Å². The number of hydrogen-bond donors (Lipinski definition) is 0. The zero-order chi connectivity index (χ0) is 26.3. The largest absolute Gasteiger partial charge is 0.345 e. The lowest BCUT2D eigenvalue weighted by Crippen LogP contribution is -2.32. The molecule has 0 aliphatic heterocycles. The number of aryl methyl sites for hydroxylation is 1. The van der Waals surface area contributed by atoms with Crippen LogP contribution >= 0.6 is 31.9 Å². The van der Waals surface area contributed by atoms with Gasteiger partial charge in [-0.15, -0.1) is 0 Å². The summed E-state index contributed by atoms with van der Waals surface area (Å²) in [6, 6.07) is 13.2. The van der Waals surface area contributed by atoms with Crippen molar-refractivity contribution in [3.63, 3.8) is 0 Å². The van der Waals surface area contributed by atoms with Crippen LogP contribution in [-0.2, 0) is 6.42 Å². The van der Waals surface area contributed by atoms with Crippen molar-refractivity contribution in [2.24, 2.45) is 11.8 Å². The van der Waals surface area contributed by atoms with Crippen molar-refractivity contribution in [2.45, 2.75) is 102 Å². The smallest absolute Gasteiger partial charge is 0.0437 e. The van der Waals surface area contributed by atoms with Gasteiger partial charge in [0.15, 0.2) is 0 Å². The van der Waals surface area contributed by atoms with Crippen LogP contribution in [0.15, 0.2) is 57.6 Å². The molecule has 2 aromatic carbocycles. The Morgan fingerprint density at radius 2 is 1.40 bits per heavy atom. The average molecular weight is 612 g/mol. The maximum absolute atomic E-state index is 4.61. The maximum atomic E-state index is 4.61. The van der Waals surface area contributed by atoms with Gasteiger partial charge in [0.25, 0.3) is 0 Å². The molecule has 0 radical (unpaired) electrons. The average Bonchev–Trinajstić information content (AvgIpc) is 2.84. The van der Waals surface area contributed by atoms with E-state index in [-0.39, 0.29) is 7.43 Å². The molecule has 0 aromatic heterocycles. The topological polar surface area (TPSA) is 3.24 Å². The van der Waals surface area contributed by atoms with E-state index in [4.69, 9.17) is 0 Å². The van der Waals surface area contributed by atoms with Gasteiger partial charge in [0.05, 0.1) is 0 Å². The molecule has 200 valence electrons. The Bertz CT molecular complexity index is 814. The molecule has 0 fully saturated rings. The van der Waals surface area contributed by atoms with E-state index in [0.29, 0.717) is 11.8 Å². The van der Waals surface area contributed by atoms with Crippen LogP contribution in [-0.4, -0.2) is 6.54 Å². The zero-order valence-electron chi connectivity index (χ0n) is 23.3. The first-order chi connectivity index (χ1) is 16.3. The summed E-state index contributed by atoms with van der Waals surface area (Å²) in [4.78, 5) is 2.51. The Hall–Kier alpha value is -1.06. The van der Waals surface area contributed by atoms with Crippen molar-refractivity contribution in [3.8, 4) is 0 Å². The molecular formula is C32H53Br2N. The van der Waals surface area contributed by atoms with Crippen molar-refractivity contribution in [1.29, 1.82) is 0 Å². The predicted molar refractivity (Wildman–Crippen MR) is 170 cm³/mol. The van der Waals surface area contributed by atoms with Gasteiger partial charge in [0, 0.05) is 26.9 Å². The van der Waals surface area contributed by atoms with Crippen LogP contribution in [0.3, 0.4) is 0 Å². The Morgan fingerprint density at radius 3 is 1.86 bits per heavy atom. The third-order valence-corrected chi connectivity index (χ3v) is 7.69. The fraction of sp³-hybridized carbons (Fsp3) is 0.562. The van der Waals surface area contributed by atoms with E-state index >= 15 is 0 Å². The molecule has 3 heteroatoms. The van der Waals surface area contributed by atoms with E-state index in [0.717, 1.165) is 21.9 Å². The lowest BCUT2D eigenvalue weighted by atomic mass is 9.93. The molecule has 0 saturated heterocycles. The maximum Gasteiger partial charge on any atom is 0.0437 e. The zero-order valence-corrected chi connectivity index (χ0v) is 26.4. The number of rotatable bonds is 11. The fourth-order valence-electron chi connectivity index (χ4n) is 4.19. The van der Waals surface area contributed by atoms with Crippen molar-refractivity contribution >= 4 is 37.5 Å². The molecular weight excluding hydrogens is 558 g/mol. The Morgan fingerprint density at radius 1 is 0.914 bits per heavy atom. The minimum atomic E-state index is 0. The molecule has 0 spiro atoms. The number of hydrogen-bond acceptors (Lipinski definition) is 1. The summed E-state index contributed by atoms with van der Waals surface area (Å²) in [5.41, 5.74) is 6.41. The van der Waals surface area contributed by atoms with Gasteiger partial charge in [-0.05, 0) is 79.8 Å². The standard InChI is InChI=1S/C27H37Br2N.2C2H6.CH4/c1-7-11-23(12-8-2)18-30(27-14-10-9-13-19(27)3)22(6)20(4)15-24-16-25(28)21(5)26(29)17-24;2*1-2;/h9-10,13-14,16-17,20,23H,6-8,11-12,15,18H2,1-5H3;2*1-2H3;1H4/t20-;;;/m1.../s1. The molecule has 0 unspecified atom stereocenters. The quantitative estimate of drug-likeness (QED) is 0.244. The molecule has 0 amide bonds. The Labute approximate surface area is 236 Å². The lowest BCUT2D eigenvalue weighted by molar-refractivity contribution is 0.437. The highest BCUT2D eigenvalue weighted by Crippen LogP contribution is 2.32. The van der Waals surface area contributed by atoms with Crippen molar-refractivity contribution in [1.82, 2.24) is 0 Å². The van der Waals surface area contributed by atoms with Crippen LogP contribution < -0.4 is 4.90 Å². The summed E-state index contributed by atoms with van der Waals surface area (Å²) >= 11 is 7.41. The van der Waals surface area contributed by atoms with Crippen LogP contribution in [0.25, 0.3) is 0 Å². The van der Waals surface area contributed by atoms with Gasteiger partial charge in [0.2, 0.25) is 0 Å². The molecule has 0 aliphatic rings. The van der Waals surface area contributed by atoms with E-state index < -0.39 is 0 Å². The van der Waals surface area contributed by atoms with Gasteiger partial charge in [-0.3, -0.25) is 0 Å².